The van der Waals surface area contributed by atoms with Crippen molar-refractivity contribution in [2.24, 2.45) is 5.92 Å². The molecule has 0 aromatic rings. The van der Waals surface area contributed by atoms with E-state index in [0.717, 1.165) is 12.3 Å². The van der Waals surface area contributed by atoms with Gasteiger partial charge in [-0.1, -0.05) is 38.5 Å². The molecule has 2 fully saturated rings. The van der Waals surface area contributed by atoms with Gasteiger partial charge in [0.05, 0.1) is 18.7 Å². The van der Waals surface area contributed by atoms with Gasteiger partial charge in [-0.05, 0) is 25.2 Å². The van der Waals surface area contributed by atoms with Crippen LogP contribution in [0, 0.1) is 17.2 Å². The zero-order chi connectivity index (χ0) is 12.8. The van der Waals surface area contributed by atoms with Gasteiger partial charge >= 0.3 is 0 Å². The van der Waals surface area contributed by atoms with Crippen molar-refractivity contribution in [3.05, 3.63) is 0 Å². The van der Waals surface area contributed by atoms with Gasteiger partial charge in [0.2, 0.25) is 0 Å². The first-order chi connectivity index (χ1) is 8.79. The summed E-state index contributed by atoms with van der Waals surface area (Å²) < 4.78 is 0. The number of rotatable bonds is 6. The molecule has 2 saturated carbocycles. The van der Waals surface area contributed by atoms with Crippen molar-refractivity contribution in [2.75, 3.05) is 13.1 Å². The summed E-state index contributed by atoms with van der Waals surface area (Å²) in [6.07, 6.45) is 10.9. The van der Waals surface area contributed by atoms with E-state index in [-0.39, 0.29) is 6.10 Å². The number of hydrogen-bond acceptors (Lipinski definition) is 3. The van der Waals surface area contributed by atoms with Gasteiger partial charge in [-0.2, -0.15) is 5.26 Å². The van der Waals surface area contributed by atoms with Gasteiger partial charge in [0, 0.05) is 12.6 Å². The van der Waals surface area contributed by atoms with E-state index < -0.39 is 0 Å². The fraction of sp³-hybridized carbons (Fsp3) is 0.933. The molecule has 0 bridgehead atoms. The molecule has 0 heterocycles. The highest BCUT2D eigenvalue weighted by atomic mass is 16.3. The van der Waals surface area contributed by atoms with Crippen molar-refractivity contribution in [3.8, 4) is 6.07 Å². The molecule has 0 saturated heterocycles. The first-order valence-electron chi connectivity index (χ1n) is 7.58. The minimum absolute atomic E-state index is 0.234. The third kappa shape index (κ3) is 3.96. The Morgan fingerprint density at radius 1 is 1.11 bits per heavy atom. The van der Waals surface area contributed by atoms with Gasteiger partial charge in [0.25, 0.3) is 0 Å². The number of aliphatic hydroxyl groups is 1. The summed E-state index contributed by atoms with van der Waals surface area (Å²) in [5.41, 5.74) is 0. The third-order valence-electron chi connectivity index (χ3n) is 4.64. The van der Waals surface area contributed by atoms with E-state index in [1.165, 1.54) is 51.4 Å². The highest BCUT2D eigenvalue weighted by molar-refractivity contribution is 4.86. The van der Waals surface area contributed by atoms with Gasteiger partial charge in [-0.3, -0.25) is 4.90 Å². The highest BCUT2D eigenvalue weighted by Crippen LogP contribution is 2.29. The van der Waals surface area contributed by atoms with Gasteiger partial charge in [0.15, 0.2) is 0 Å². The van der Waals surface area contributed by atoms with E-state index in [1.54, 1.807) is 0 Å². The molecule has 3 heteroatoms. The van der Waals surface area contributed by atoms with Crippen molar-refractivity contribution < 1.29 is 5.11 Å². The van der Waals surface area contributed by atoms with Crippen molar-refractivity contribution in [2.45, 2.75) is 69.9 Å². The lowest BCUT2D eigenvalue weighted by molar-refractivity contribution is 0.0783. The Morgan fingerprint density at radius 2 is 1.72 bits per heavy atom. The zero-order valence-corrected chi connectivity index (χ0v) is 11.4. The fourth-order valence-electron chi connectivity index (χ4n) is 3.68. The first kappa shape index (κ1) is 13.8. The van der Waals surface area contributed by atoms with Crippen LogP contribution in [0.2, 0.25) is 0 Å². The van der Waals surface area contributed by atoms with Crippen LogP contribution in [-0.4, -0.2) is 35.2 Å². The van der Waals surface area contributed by atoms with Crippen molar-refractivity contribution in [3.63, 3.8) is 0 Å². The fourth-order valence-corrected chi connectivity index (χ4v) is 3.68. The Kier molecular flexibility index (Phi) is 5.46. The summed E-state index contributed by atoms with van der Waals surface area (Å²) in [6.45, 7) is 1.18. The van der Waals surface area contributed by atoms with Crippen molar-refractivity contribution in [1.82, 2.24) is 4.90 Å². The zero-order valence-electron chi connectivity index (χ0n) is 11.4. The molecule has 1 atom stereocenters. The summed E-state index contributed by atoms with van der Waals surface area (Å²) in [4.78, 5) is 2.21. The molecule has 0 radical (unpaired) electrons. The number of hydrogen-bond donors (Lipinski definition) is 1. The van der Waals surface area contributed by atoms with E-state index in [9.17, 15) is 5.11 Å². The molecule has 0 amide bonds. The highest BCUT2D eigenvalue weighted by Gasteiger charge is 2.26. The molecule has 0 spiro atoms. The average Bonchev–Trinajstić information content (AvgIpc) is 3.00. The molecule has 2 rings (SSSR count). The summed E-state index contributed by atoms with van der Waals surface area (Å²) >= 11 is 0. The smallest absolute Gasteiger partial charge is 0.0869 e. The van der Waals surface area contributed by atoms with Crippen molar-refractivity contribution in [1.29, 1.82) is 5.26 Å². The maximum absolute atomic E-state index is 10.2. The van der Waals surface area contributed by atoms with E-state index in [2.05, 4.69) is 11.0 Å². The van der Waals surface area contributed by atoms with Crippen LogP contribution >= 0.6 is 0 Å². The topological polar surface area (TPSA) is 47.3 Å². The summed E-state index contributed by atoms with van der Waals surface area (Å²) in [7, 11) is 0. The molecule has 1 N–H and O–H groups in total. The Morgan fingerprint density at radius 3 is 2.33 bits per heavy atom. The van der Waals surface area contributed by atoms with Crippen LogP contribution in [0.1, 0.15) is 57.8 Å². The molecule has 2 aliphatic carbocycles. The molecule has 0 aromatic heterocycles. The Hall–Kier alpha value is -0.590. The lowest BCUT2D eigenvalue weighted by Crippen LogP contribution is -2.40. The first-order valence-corrected chi connectivity index (χ1v) is 7.58. The lowest BCUT2D eigenvalue weighted by Gasteiger charge is -2.29. The Balaban J connectivity index is 1.77. The average molecular weight is 250 g/mol. The quantitative estimate of drug-likeness (QED) is 0.737. The largest absolute Gasteiger partial charge is 0.392 e. The third-order valence-corrected chi connectivity index (χ3v) is 4.64. The van der Waals surface area contributed by atoms with E-state index in [1.807, 2.05) is 0 Å². The maximum atomic E-state index is 10.2. The van der Waals surface area contributed by atoms with Crippen LogP contribution in [-0.2, 0) is 0 Å². The van der Waals surface area contributed by atoms with Crippen LogP contribution < -0.4 is 0 Å². The predicted octanol–water partition coefficient (Wildman–Crippen LogP) is 2.70. The predicted molar refractivity (Wildman–Crippen MR) is 72.0 cm³/mol. The molecule has 2 aliphatic rings. The molecular weight excluding hydrogens is 224 g/mol. The summed E-state index contributed by atoms with van der Waals surface area (Å²) in [5, 5.41) is 19.1. The normalized spacial score (nSPS) is 23.6. The molecule has 0 aliphatic heterocycles. The second kappa shape index (κ2) is 7.11. The lowest BCUT2D eigenvalue weighted by atomic mass is 9.99. The maximum Gasteiger partial charge on any atom is 0.0869 e. The Bertz CT molecular complexity index is 275. The SMILES string of the molecule is N#CCN(CC(O)CC1CCCC1)C1CCCC1. The minimum atomic E-state index is -0.234. The minimum Gasteiger partial charge on any atom is -0.392 e. The van der Waals surface area contributed by atoms with E-state index in [0.29, 0.717) is 19.1 Å². The van der Waals surface area contributed by atoms with Gasteiger partial charge in [0.1, 0.15) is 0 Å². The van der Waals surface area contributed by atoms with Crippen LogP contribution in [0.25, 0.3) is 0 Å². The molecular formula is C15H26N2O. The van der Waals surface area contributed by atoms with Crippen LogP contribution in [0.4, 0.5) is 0 Å². The number of aliphatic hydroxyl groups excluding tert-OH is 1. The Labute approximate surface area is 111 Å². The van der Waals surface area contributed by atoms with Crippen LogP contribution in [0.3, 0.4) is 0 Å². The van der Waals surface area contributed by atoms with Gasteiger partial charge < -0.3 is 5.11 Å². The molecule has 102 valence electrons. The van der Waals surface area contributed by atoms with Gasteiger partial charge in [-0.25, -0.2) is 0 Å². The van der Waals surface area contributed by atoms with Crippen LogP contribution in [0.5, 0.6) is 0 Å². The molecule has 3 nitrogen and oxygen atoms in total. The van der Waals surface area contributed by atoms with Gasteiger partial charge in [-0.15, -0.1) is 0 Å². The van der Waals surface area contributed by atoms with E-state index in [4.69, 9.17) is 5.26 Å². The van der Waals surface area contributed by atoms with Crippen LogP contribution in [0.15, 0.2) is 0 Å². The molecule has 1 unspecified atom stereocenters. The number of nitrogens with zero attached hydrogens (tertiary/aromatic N) is 2. The molecule has 18 heavy (non-hydrogen) atoms. The van der Waals surface area contributed by atoms with Crippen molar-refractivity contribution >= 4 is 0 Å². The number of nitriles is 1. The summed E-state index contributed by atoms with van der Waals surface area (Å²) in [5.74, 6) is 0.729. The van der Waals surface area contributed by atoms with E-state index >= 15 is 0 Å². The second-order valence-corrected chi connectivity index (χ2v) is 6.07. The standard InChI is InChI=1S/C15H26N2O/c16-9-10-17(14-7-3-4-8-14)12-15(18)11-13-5-1-2-6-13/h13-15,18H,1-8,10-12H2. The summed E-state index contributed by atoms with van der Waals surface area (Å²) in [6, 6.07) is 2.80. The second-order valence-electron chi connectivity index (χ2n) is 6.07. The monoisotopic (exact) mass is 250 g/mol. The molecule has 0 aromatic carbocycles.